The van der Waals surface area contributed by atoms with Crippen molar-refractivity contribution in [2.45, 2.75) is 25.8 Å². The lowest BCUT2D eigenvalue weighted by Crippen LogP contribution is -2.51. The van der Waals surface area contributed by atoms with E-state index in [1.807, 2.05) is 0 Å². The number of nitrogens with one attached hydrogen (secondary N) is 1. The molecule has 0 spiro atoms. The number of benzene rings is 1. The van der Waals surface area contributed by atoms with Gasteiger partial charge in [0.1, 0.15) is 6.33 Å². The Morgan fingerprint density at radius 2 is 1.95 bits per heavy atom. The molecule has 6 nitrogen and oxygen atoms in total. The lowest BCUT2D eigenvalue weighted by molar-refractivity contribution is -0.145. The molecule has 2 N–H and O–H groups in total. The molecule has 22 heavy (non-hydrogen) atoms. The number of hydrogen-bond donors (Lipinski definition) is 2. The summed E-state index contributed by atoms with van der Waals surface area (Å²) >= 11 is 0. The first-order valence-electron chi connectivity index (χ1n) is 6.89. The lowest BCUT2D eigenvalue weighted by atomic mass is 9.87. The molecule has 0 radical (unpaired) electrons. The Balaban J connectivity index is 2.42. The third kappa shape index (κ3) is 2.81. The maximum Gasteiger partial charge on any atom is 0.334 e. The number of nitrogens with zero attached hydrogens (tertiary/aromatic N) is 2. The highest BCUT2D eigenvalue weighted by Gasteiger charge is 2.40. The molecule has 6 heteroatoms. The van der Waals surface area contributed by atoms with Crippen LogP contribution in [0.25, 0.3) is 0 Å². The molecule has 1 atom stereocenters. The highest BCUT2D eigenvalue weighted by molar-refractivity contribution is 5.98. The molecule has 114 valence electrons. The fraction of sp³-hybridized carbons (Fsp3) is 0.250. The van der Waals surface area contributed by atoms with Gasteiger partial charge in [-0.25, -0.2) is 14.8 Å². The second-order valence-electron chi connectivity index (χ2n) is 4.91. The fourth-order valence-electron chi connectivity index (χ4n) is 2.29. The molecular weight excluding hydrogens is 282 g/mol. The third-order valence-electron chi connectivity index (χ3n) is 3.65. The minimum absolute atomic E-state index is 0.213. The van der Waals surface area contributed by atoms with Gasteiger partial charge in [-0.2, -0.15) is 0 Å². The SMILES string of the molecule is CC[C@](NC(=O)c1cncnc1C)(C(=O)O)c1ccccc1. The van der Waals surface area contributed by atoms with E-state index in [0.717, 1.165) is 0 Å². The number of hydrogen-bond acceptors (Lipinski definition) is 4. The van der Waals surface area contributed by atoms with Crippen LogP contribution in [0.1, 0.15) is 35.0 Å². The minimum atomic E-state index is -1.49. The van der Waals surface area contributed by atoms with Crippen LogP contribution in [-0.2, 0) is 10.3 Å². The van der Waals surface area contributed by atoms with Crippen molar-refractivity contribution < 1.29 is 14.7 Å². The van der Waals surface area contributed by atoms with Gasteiger partial charge in [-0.1, -0.05) is 37.3 Å². The molecular formula is C16H17N3O3. The summed E-state index contributed by atoms with van der Waals surface area (Å²) in [5, 5.41) is 12.3. The van der Waals surface area contributed by atoms with Gasteiger partial charge in [0.05, 0.1) is 11.3 Å². The van der Waals surface area contributed by atoms with Crippen molar-refractivity contribution >= 4 is 11.9 Å². The predicted molar refractivity (Wildman–Crippen MR) is 80.3 cm³/mol. The zero-order valence-corrected chi connectivity index (χ0v) is 12.4. The van der Waals surface area contributed by atoms with Crippen molar-refractivity contribution in [3.8, 4) is 0 Å². The van der Waals surface area contributed by atoms with Gasteiger partial charge in [-0.05, 0) is 18.9 Å². The van der Waals surface area contributed by atoms with E-state index in [9.17, 15) is 14.7 Å². The Morgan fingerprint density at radius 1 is 1.27 bits per heavy atom. The smallest absolute Gasteiger partial charge is 0.334 e. The van der Waals surface area contributed by atoms with Crippen LogP contribution in [0.15, 0.2) is 42.9 Å². The molecule has 0 unspecified atom stereocenters. The molecule has 0 saturated heterocycles. The first-order valence-corrected chi connectivity index (χ1v) is 6.89. The summed E-state index contributed by atoms with van der Waals surface area (Å²) in [6, 6.07) is 8.65. The van der Waals surface area contributed by atoms with Crippen molar-refractivity contribution in [2.24, 2.45) is 0 Å². The standard InChI is InChI=1S/C16H17N3O3/c1-3-16(15(21)22,12-7-5-4-6-8-12)19-14(20)13-9-17-10-18-11(13)2/h4-10H,3H2,1-2H3,(H,19,20)(H,21,22)/t16-/m1/s1. The average molecular weight is 299 g/mol. The van der Waals surface area contributed by atoms with Crippen molar-refractivity contribution in [2.75, 3.05) is 0 Å². The van der Waals surface area contributed by atoms with E-state index < -0.39 is 17.4 Å². The normalized spacial score (nSPS) is 13.2. The van der Waals surface area contributed by atoms with Crippen LogP contribution in [0.2, 0.25) is 0 Å². The van der Waals surface area contributed by atoms with E-state index in [1.54, 1.807) is 44.2 Å². The van der Waals surface area contributed by atoms with E-state index >= 15 is 0 Å². The Labute approximate surface area is 128 Å². The molecule has 0 aliphatic heterocycles. The quantitative estimate of drug-likeness (QED) is 0.879. The number of rotatable bonds is 5. The van der Waals surface area contributed by atoms with Gasteiger partial charge in [0, 0.05) is 6.20 Å². The second kappa shape index (κ2) is 6.34. The van der Waals surface area contributed by atoms with Gasteiger partial charge in [0.15, 0.2) is 5.54 Å². The van der Waals surface area contributed by atoms with Gasteiger partial charge in [0.25, 0.3) is 5.91 Å². The molecule has 1 heterocycles. The van der Waals surface area contributed by atoms with Gasteiger partial charge in [0.2, 0.25) is 0 Å². The first-order chi connectivity index (χ1) is 10.5. The number of carbonyl (C=O) groups is 2. The van der Waals surface area contributed by atoms with Gasteiger partial charge in [-0.3, -0.25) is 4.79 Å². The molecule has 0 saturated carbocycles. The molecule has 1 aromatic heterocycles. The number of aromatic nitrogens is 2. The molecule has 0 fully saturated rings. The van der Waals surface area contributed by atoms with Crippen LogP contribution in [0, 0.1) is 6.92 Å². The molecule has 1 amide bonds. The molecule has 0 bridgehead atoms. The van der Waals surface area contributed by atoms with Gasteiger partial charge in [-0.15, -0.1) is 0 Å². The number of amides is 1. The maximum absolute atomic E-state index is 12.5. The van der Waals surface area contributed by atoms with Crippen molar-refractivity contribution in [1.29, 1.82) is 0 Å². The average Bonchev–Trinajstić information content (AvgIpc) is 2.53. The van der Waals surface area contributed by atoms with Crippen LogP contribution in [-0.4, -0.2) is 27.0 Å². The summed E-state index contributed by atoms with van der Waals surface area (Å²) in [6.45, 7) is 3.39. The summed E-state index contributed by atoms with van der Waals surface area (Å²) in [5.74, 6) is -1.62. The summed E-state index contributed by atoms with van der Waals surface area (Å²) in [7, 11) is 0. The van der Waals surface area contributed by atoms with Crippen LogP contribution in [0.5, 0.6) is 0 Å². The van der Waals surface area contributed by atoms with Crippen LogP contribution >= 0.6 is 0 Å². The fourth-order valence-corrected chi connectivity index (χ4v) is 2.29. The molecule has 2 rings (SSSR count). The maximum atomic E-state index is 12.5. The monoisotopic (exact) mass is 299 g/mol. The second-order valence-corrected chi connectivity index (χ2v) is 4.91. The lowest BCUT2D eigenvalue weighted by Gasteiger charge is -2.30. The number of carboxylic acids is 1. The predicted octanol–water partition coefficient (Wildman–Crippen LogP) is 1.90. The largest absolute Gasteiger partial charge is 0.479 e. The highest BCUT2D eigenvalue weighted by Crippen LogP contribution is 2.26. The zero-order chi connectivity index (χ0) is 16.2. The van der Waals surface area contributed by atoms with Gasteiger partial charge >= 0.3 is 5.97 Å². The van der Waals surface area contributed by atoms with E-state index in [1.165, 1.54) is 12.5 Å². The van der Waals surface area contributed by atoms with Crippen LogP contribution in [0.3, 0.4) is 0 Å². The van der Waals surface area contributed by atoms with Crippen molar-refractivity contribution in [1.82, 2.24) is 15.3 Å². The van der Waals surface area contributed by atoms with Crippen LogP contribution < -0.4 is 5.32 Å². The summed E-state index contributed by atoms with van der Waals surface area (Å²) in [4.78, 5) is 32.1. The van der Waals surface area contributed by atoms with E-state index in [2.05, 4.69) is 15.3 Å². The van der Waals surface area contributed by atoms with Crippen molar-refractivity contribution in [3.63, 3.8) is 0 Å². The summed E-state index contributed by atoms with van der Waals surface area (Å²) < 4.78 is 0. The van der Waals surface area contributed by atoms with E-state index in [0.29, 0.717) is 11.3 Å². The highest BCUT2D eigenvalue weighted by atomic mass is 16.4. The molecule has 0 aliphatic carbocycles. The van der Waals surface area contributed by atoms with E-state index in [-0.39, 0.29) is 12.0 Å². The zero-order valence-electron chi connectivity index (χ0n) is 12.4. The summed E-state index contributed by atoms with van der Waals surface area (Å²) in [5.41, 5.74) is -0.206. The molecule has 2 aromatic rings. The minimum Gasteiger partial charge on any atom is -0.479 e. The molecule has 1 aromatic carbocycles. The third-order valence-corrected chi connectivity index (χ3v) is 3.65. The number of carbonyl (C=O) groups excluding carboxylic acids is 1. The Morgan fingerprint density at radius 3 is 2.50 bits per heavy atom. The molecule has 0 aliphatic rings. The summed E-state index contributed by atoms with van der Waals surface area (Å²) in [6.07, 6.45) is 2.93. The number of aryl methyl sites for hydroxylation is 1. The number of carboxylic acid groups (broad SMARTS) is 1. The van der Waals surface area contributed by atoms with Crippen molar-refractivity contribution in [3.05, 3.63) is 59.7 Å². The topological polar surface area (TPSA) is 92.2 Å². The van der Waals surface area contributed by atoms with E-state index in [4.69, 9.17) is 0 Å². The Bertz CT molecular complexity index is 688. The van der Waals surface area contributed by atoms with Gasteiger partial charge < -0.3 is 10.4 Å². The first kappa shape index (κ1) is 15.6. The number of aliphatic carboxylic acids is 1. The van der Waals surface area contributed by atoms with Crippen LogP contribution in [0.4, 0.5) is 0 Å². The Hall–Kier alpha value is -2.76. The Kier molecular flexibility index (Phi) is 4.50.